The minimum Gasteiger partial charge on any atom is -0.494 e. The number of rotatable bonds is 18. The van der Waals surface area contributed by atoms with Crippen LogP contribution in [0.3, 0.4) is 0 Å². The Balaban J connectivity index is 1.66. The van der Waals surface area contributed by atoms with Gasteiger partial charge in [-0.2, -0.15) is 0 Å². The van der Waals surface area contributed by atoms with E-state index in [1.807, 2.05) is 36.4 Å². The molecule has 0 amide bonds. The number of esters is 1. The van der Waals surface area contributed by atoms with Gasteiger partial charge in [0.25, 0.3) is 0 Å². The van der Waals surface area contributed by atoms with Gasteiger partial charge in [-0.3, -0.25) is 0 Å². The Kier molecular flexibility index (Phi) is 14.1. The standard InChI is InChI=1S/C30H44O4/c1-4-6-7-8-9-11-24-33-28-21-17-27(18-22-28)30(31)34-29-19-15-26(16-20-29)14-10-12-23-32-25(3)13-5-2/h15-22,25H,4-14,23-24H2,1-3H3. The van der Waals surface area contributed by atoms with Crippen molar-refractivity contribution < 1.29 is 19.0 Å². The van der Waals surface area contributed by atoms with Crippen LogP contribution in [0.25, 0.3) is 0 Å². The molecule has 4 nitrogen and oxygen atoms in total. The molecule has 0 radical (unpaired) electrons. The lowest BCUT2D eigenvalue weighted by molar-refractivity contribution is 0.0574. The molecule has 0 N–H and O–H groups in total. The van der Waals surface area contributed by atoms with Gasteiger partial charge in [0.2, 0.25) is 0 Å². The summed E-state index contributed by atoms with van der Waals surface area (Å²) in [4.78, 5) is 12.5. The van der Waals surface area contributed by atoms with E-state index in [9.17, 15) is 4.79 Å². The lowest BCUT2D eigenvalue weighted by Gasteiger charge is -2.11. The fourth-order valence-corrected chi connectivity index (χ4v) is 3.86. The molecule has 1 atom stereocenters. The zero-order valence-electron chi connectivity index (χ0n) is 21.5. The number of carbonyl (C=O) groups is 1. The number of ether oxygens (including phenoxy) is 3. The van der Waals surface area contributed by atoms with Gasteiger partial charge < -0.3 is 14.2 Å². The van der Waals surface area contributed by atoms with Crippen molar-refractivity contribution in [3.63, 3.8) is 0 Å². The molecule has 0 saturated carbocycles. The largest absolute Gasteiger partial charge is 0.494 e. The Morgan fingerprint density at radius 3 is 2.09 bits per heavy atom. The zero-order valence-corrected chi connectivity index (χ0v) is 21.5. The number of unbranched alkanes of at least 4 members (excludes halogenated alkanes) is 6. The van der Waals surface area contributed by atoms with Crippen molar-refractivity contribution in [3.8, 4) is 11.5 Å². The summed E-state index contributed by atoms with van der Waals surface area (Å²) in [6.45, 7) is 8.09. The second kappa shape index (κ2) is 17.2. The number of carbonyl (C=O) groups excluding carboxylic acids is 1. The van der Waals surface area contributed by atoms with Crippen LogP contribution in [0.15, 0.2) is 48.5 Å². The predicted octanol–water partition coefficient (Wildman–Crippen LogP) is 8.17. The molecule has 0 saturated heterocycles. The van der Waals surface area contributed by atoms with Gasteiger partial charge in [-0.1, -0.05) is 64.5 Å². The molecular formula is C30H44O4. The summed E-state index contributed by atoms with van der Waals surface area (Å²) in [5.74, 6) is 1.00. The molecule has 0 bridgehead atoms. The summed E-state index contributed by atoms with van der Waals surface area (Å²) in [5, 5.41) is 0. The van der Waals surface area contributed by atoms with E-state index in [2.05, 4.69) is 20.8 Å². The van der Waals surface area contributed by atoms with Gasteiger partial charge in [0.05, 0.1) is 18.3 Å². The SMILES string of the molecule is CCCCCCCCOc1ccc(C(=O)Oc2ccc(CCCCOC(C)CCC)cc2)cc1. The van der Waals surface area contributed by atoms with Crippen molar-refractivity contribution in [1.82, 2.24) is 0 Å². The molecule has 34 heavy (non-hydrogen) atoms. The van der Waals surface area contributed by atoms with E-state index in [4.69, 9.17) is 14.2 Å². The fourth-order valence-electron chi connectivity index (χ4n) is 3.86. The Hall–Kier alpha value is -2.33. The van der Waals surface area contributed by atoms with Crippen LogP contribution in [0.5, 0.6) is 11.5 Å². The van der Waals surface area contributed by atoms with Gasteiger partial charge in [-0.05, 0) is 81.0 Å². The van der Waals surface area contributed by atoms with E-state index >= 15 is 0 Å². The Bertz CT molecular complexity index is 782. The molecule has 1 unspecified atom stereocenters. The van der Waals surface area contributed by atoms with Crippen molar-refractivity contribution in [2.24, 2.45) is 0 Å². The zero-order chi connectivity index (χ0) is 24.4. The Morgan fingerprint density at radius 1 is 0.735 bits per heavy atom. The van der Waals surface area contributed by atoms with E-state index in [0.29, 0.717) is 24.0 Å². The minimum absolute atomic E-state index is 0.353. The summed E-state index contributed by atoms with van der Waals surface area (Å²) in [6.07, 6.45) is 13.2. The van der Waals surface area contributed by atoms with Crippen LogP contribution in [0.2, 0.25) is 0 Å². The van der Waals surface area contributed by atoms with E-state index in [1.165, 1.54) is 37.7 Å². The molecule has 0 aliphatic carbocycles. The lowest BCUT2D eigenvalue weighted by Crippen LogP contribution is -2.09. The van der Waals surface area contributed by atoms with Crippen molar-refractivity contribution in [3.05, 3.63) is 59.7 Å². The predicted molar refractivity (Wildman–Crippen MR) is 140 cm³/mol. The van der Waals surface area contributed by atoms with Gasteiger partial charge >= 0.3 is 5.97 Å². The first-order valence-corrected chi connectivity index (χ1v) is 13.3. The van der Waals surface area contributed by atoms with Crippen LogP contribution in [0.1, 0.15) is 101 Å². The maximum atomic E-state index is 12.5. The molecule has 4 heteroatoms. The molecule has 2 rings (SSSR count). The Morgan fingerprint density at radius 2 is 1.38 bits per heavy atom. The van der Waals surface area contributed by atoms with Gasteiger partial charge in [-0.15, -0.1) is 0 Å². The van der Waals surface area contributed by atoms with Crippen LogP contribution < -0.4 is 9.47 Å². The topological polar surface area (TPSA) is 44.8 Å². The quantitative estimate of drug-likeness (QED) is 0.126. The smallest absolute Gasteiger partial charge is 0.343 e. The second-order valence-electron chi connectivity index (χ2n) is 9.10. The molecule has 0 fully saturated rings. The van der Waals surface area contributed by atoms with E-state index < -0.39 is 0 Å². The first-order valence-electron chi connectivity index (χ1n) is 13.3. The van der Waals surface area contributed by atoms with Crippen LogP contribution in [-0.2, 0) is 11.2 Å². The van der Waals surface area contributed by atoms with Crippen LogP contribution in [-0.4, -0.2) is 25.3 Å². The van der Waals surface area contributed by atoms with E-state index in [0.717, 1.165) is 50.9 Å². The highest BCUT2D eigenvalue weighted by Crippen LogP contribution is 2.18. The number of hydrogen-bond donors (Lipinski definition) is 0. The number of benzene rings is 2. The monoisotopic (exact) mass is 468 g/mol. The third-order valence-electron chi connectivity index (χ3n) is 5.95. The third-order valence-corrected chi connectivity index (χ3v) is 5.95. The third kappa shape index (κ3) is 11.7. The van der Waals surface area contributed by atoms with Crippen molar-refractivity contribution in [2.75, 3.05) is 13.2 Å². The highest BCUT2D eigenvalue weighted by molar-refractivity contribution is 5.91. The van der Waals surface area contributed by atoms with Crippen LogP contribution >= 0.6 is 0 Å². The lowest BCUT2D eigenvalue weighted by atomic mass is 10.1. The van der Waals surface area contributed by atoms with Crippen molar-refractivity contribution in [2.45, 2.75) is 97.5 Å². The van der Waals surface area contributed by atoms with Crippen molar-refractivity contribution in [1.29, 1.82) is 0 Å². The van der Waals surface area contributed by atoms with Gasteiger partial charge in [-0.25, -0.2) is 4.79 Å². The van der Waals surface area contributed by atoms with E-state index in [-0.39, 0.29) is 5.97 Å². The summed E-state index contributed by atoms with van der Waals surface area (Å²) in [5.41, 5.74) is 1.77. The Labute approximate surface area is 207 Å². The van der Waals surface area contributed by atoms with Crippen LogP contribution in [0.4, 0.5) is 0 Å². The summed E-state index contributed by atoms with van der Waals surface area (Å²) in [7, 11) is 0. The van der Waals surface area contributed by atoms with E-state index in [1.54, 1.807) is 12.1 Å². The van der Waals surface area contributed by atoms with Gasteiger partial charge in [0.1, 0.15) is 11.5 Å². The maximum Gasteiger partial charge on any atom is 0.343 e. The van der Waals surface area contributed by atoms with Crippen molar-refractivity contribution >= 4 is 5.97 Å². The normalized spacial score (nSPS) is 11.9. The first-order chi connectivity index (χ1) is 16.6. The second-order valence-corrected chi connectivity index (χ2v) is 9.10. The average molecular weight is 469 g/mol. The first kappa shape index (κ1) is 27.9. The minimum atomic E-state index is -0.353. The molecule has 0 aliphatic rings. The molecule has 188 valence electrons. The molecule has 2 aromatic carbocycles. The molecule has 0 aromatic heterocycles. The number of aryl methyl sites for hydroxylation is 1. The highest BCUT2D eigenvalue weighted by atomic mass is 16.5. The number of hydrogen-bond acceptors (Lipinski definition) is 4. The molecular weight excluding hydrogens is 424 g/mol. The molecule has 0 aliphatic heterocycles. The van der Waals surface area contributed by atoms with Gasteiger partial charge in [0, 0.05) is 6.61 Å². The molecule has 0 heterocycles. The van der Waals surface area contributed by atoms with Gasteiger partial charge in [0.15, 0.2) is 0 Å². The van der Waals surface area contributed by atoms with Crippen LogP contribution in [0, 0.1) is 0 Å². The summed E-state index contributed by atoms with van der Waals surface area (Å²) in [6, 6.07) is 15.0. The summed E-state index contributed by atoms with van der Waals surface area (Å²) >= 11 is 0. The average Bonchev–Trinajstić information content (AvgIpc) is 2.85. The summed E-state index contributed by atoms with van der Waals surface area (Å²) < 4.78 is 17.1. The fraction of sp³-hybridized carbons (Fsp3) is 0.567. The molecule has 0 spiro atoms. The highest BCUT2D eigenvalue weighted by Gasteiger charge is 2.09. The molecule has 2 aromatic rings. The maximum absolute atomic E-state index is 12.5.